The molecule has 0 aromatic rings. The summed E-state index contributed by atoms with van der Waals surface area (Å²) in [6.07, 6.45) is 0.962. The Morgan fingerprint density at radius 1 is 1.47 bits per heavy atom. The zero-order valence-corrected chi connectivity index (χ0v) is 12.3. The maximum Gasteiger partial charge on any atom is 0.228 e. The SMILES string of the molecule is CCSCC(C)NC(=O)C1(C(C)C)CCNC1. The minimum Gasteiger partial charge on any atom is -0.352 e. The minimum atomic E-state index is -0.189. The van der Waals surface area contributed by atoms with Crippen molar-refractivity contribution >= 4 is 17.7 Å². The van der Waals surface area contributed by atoms with E-state index in [9.17, 15) is 4.79 Å². The second-order valence-electron chi connectivity index (χ2n) is 5.27. The van der Waals surface area contributed by atoms with E-state index in [2.05, 4.69) is 38.3 Å². The van der Waals surface area contributed by atoms with Gasteiger partial charge in [0.1, 0.15) is 0 Å². The standard InChI is InChI=1S/C13H26N2OS/c1-5-17-8-11(4)15-12(16)13(10(2)3)6-7-14-9-13/h10-11,14H,5-9H2,1-4H3,(H,15,16). The van der Waals surface area contributed by atoms with Crippen LogP contribution in [0.1, 0.15) is 34.1 Å². The van der Waals surface area contributed by atoms with Crippen molar-refractivity contribution in [2.24, 2.45) is 11.3 Å². The molecule has 1 fully saturated rings. The average Bonchev–Trinajstić information content (AvgIpc) is 2.76. The van der Waals surface area contributed by atoms with E-state index < -0.39 is 0 Å². The summed E-state index contributed by atoms with van der Waals surface area (Å²) in [5.74, 6) is 2.74. The Hall–Kier alpha value is -0.220. The molecule has 0 radical (unpaired) electrons. The van der Waals surface area contributed by atoms with Crippen molar-refractivity contribution in [3.63, 3.8) is 0 Å². The molecular weight excluding hydrogens is 232 g/mol. The molecule has 2 unspecified atom stereocenters. The number of hydrogen-bond donors (Lipinski definition) is 2. The first-order valence-electron chi connectivity index (χ1n) is 6.62. The van der Waals surface area contributed by atoms with E-state index in [0.717, 1.165) is 31.0 Å². The summed E-state index contributed by atoms with van der Waals surface area (Å²) in [6, 6.07) is 0.267. The van der Waals surface area contributed by atoms with Crippen molar-refractivity contribution in [1.82, 2.24) is 10.6 Å². The number of hydrogen-bond acceptors (Lipinski definition) is 3. The third kappa shape index (κ3) is 3.62. The average molecular weight is 258 g/mol. The first kappa shape index (κ1) is 14.8. The zero-order valence-electron chi connectivity index (χ0n) is 11.5. The fourth-order valence-electron chi connectivity index (χ4n) is 2.36. The van der Waals surface area contributed by atoms with Crippen LogP contribution in [0.3, 0.4) is 0 Å². The van der Waals surface area contributed by atoms with Gasteiger partial charge >= 0.3 is 0 Å². The van der Waals surface area contributed by atoms with Gasteiger partial charge in [-0.15, -0.1) is 0 Å². The van der Waals surface area contributed by atoms with Crippen LogP contribution in [0.5, 0.6) is 0 Å². The van der Waals surface area contributed by atoms with Gasteiger partial charge in [0, 0.05) is 18.3 Å². The number of rotatable bonds is 6. The van der Waals surface area contributed by atoms with Crippen LogP contribution < -0.4 is 10.6 Å². The lowest BCUT2D eigenvalue weighted by molar-refractivity contribution is -0.132. The topological polar surface area (TPSA) is 41.1 Å². The largest absolute Gasteiger partial charge is 0.352 e. The summed E-state index contributed by atoms with van der Waals surface area (Å²) < 4.78 is 0. The molecule has 2 N–H and O–H groups in total. The number of carbonyl (C=O) groups is 1. The number of nitrogens with one attached hydrogen (secondary N) is 2. The molecule has 1 aliphatic heterocycles. The molecule has 0 bridgehead atoms. The van der Waals surface area contributed by atoms with E-state index >= 15 is 0 Å². The molecule has 17 heavy (non-hydrogen) atoms. The van der Waals surface area contributed by atoms with Gasteiger partial charge < -0.3 is 10.6 Å². The van der Waals surface area contributed by atoms with Gasteiger partial charge in [-0.25, -0.2) is 0 Å². The summed E-state index contributed by atoms with van der Waals surface area (Å²) >= 11 is 1.88. The molecule has 1 rings (SSSR count). The smallest absolute Gasteiger partial charge is 0.228 e. The fourth-order valence-corrected chi connectivity index (χ4v) is 3.04. The Kier molecular flexibility index (Phi) is 5.80. The molecule has 1 saturated heterocycles. The summed E-state index contributed by atoms with van der Waals surface area (Å²) in [7, 11) is 0. The van der Waals surface area contributed by atoms with Gasteiger partial charge in [0.05, 0.1) is 5.41 Å². The lowest BCUT2D eigenvalue weighted by Gasteiger charge is -2.32. The predicted octanol–water partition coefficient (Wildman–Crippen LogP) is 1.88. The van der Waals surface area contributed by atoms with Crippen molar-refractivity contribution in [2.75, 3.05) is 24.6 Å². The van der Waals surface area contributed by atoms with Crippen LogP contribution in [0.15, 0.2) is 0 Å². The highest BCUT2D eigenvalue weighted by molar-refractivity contribution is 7.99. The Morgan fingerprint density at radius 2 is 2.18 bits per heavy atom. The molecular formula is C13H26N2OS. The van der Waals surface area contributed by atoms with Crippen LogP contribution in [0.25, 0.3) is 0 Å². The second-order valence-corrected chi connectivity index (χ2v) is 6.59. The quantitative estimate of drug-likeness (QED) is 0.764. The molecule has 0 aromatic carbocycles. The fraction of sp³-hybridized carbons (Fsp3) is 0.923. The number of carbonyl (C=O) groups excluding carboxylic acids is 1. The van der Waals surface area contributed by atoms with Gasteiger partial charge in [-0.1, -0.05) is 20.8 Å². The molecule has 4 heteroatoms. The minimum absolute atomic E-state index is 0.189. The number of amides is 1. The Bertz CT molecular complexity index is 250. The second kappa shape index (κ2) is 6.64. The molecule has 0 aromatic heterocycles. The van der Waals surface area contributed by atoms with Crippen LogP contribution in [-0.4, -0.2) is 36.5 Å². The Morgan fingerprint density at radius 3 is 2.65 bits per heavy atom. The highest BCUT2D eigenvalue weighted by atomic mass is 32.2. The van der Waals surface area contributed by atoms with Crippen LogP contribution in [0.4, 0.5) is 0 Å². The van der Waals surface area contributed by atoms with E-state index in [1.165, 1.54) is 0 Å². The van der Waals surface area contributed by atoms with E-state index in [-0.39, 0.29) is 17.4 Å². The van der Waals surface area contributed by atoms with E-state index in [1.807, 2.05) is 11.8 Å². The summed E-state index contributed by atoms with van der Waals surface area (Å²) in [4.78, 5) is 12.4. The summed E-state index contributed by atoms with van der Waals surface area (Å²) in [5.41, 5.74) is -0.189. The molecule has 1 aliphatic rings. The first-order chi connectivity index (χ1) is 8.03. The molecule has 0 saturated carbocycles. The maximum absolute atomic E-state index is 12.4. The molecule has 0 aliphatic carbocycles. The first-order valence-corrected chi connectivity index (χ1v) is 7.78. The third-order valence-corrected chi connectivity index (χ3v) is 4.84. The van der Waals surface area contributed by atoms with Crippen LogP contribution >= 0.6 is 11.8 Å². The Labute approximate surface area is 109 Å². The van der Waals surface area contributed by atoms with Crippen molar-refractivity contribution in [3.8, 4) is 0 Å². The van der Waals surface area contributed by atoms with Crippen molar-refractivity contribution in [2.45, 2.75) is 40.2 Å². The molecule has 1 heterocycles. The van der Waals surface area contributed by atoms with E-state index in [4.69, 9.17) is 0 Å². The van der Waals surface area contributed by atoms with E-state index in [1.54, 1.807) is 0 Å². The molecule has 100 valence electrons. The van der Waals surface area contributed by atoms with Crippen LogP contribution in [-0.2, 0) is 4.79 Å². The molecule has 3 nitrogen and oxygen atoms in total. The maximum atomic E-state index is 12.4. The third-order valence-electron chi connectivity index (χ3n) is 3.70. The monoisotopic (exact) mass is 258 g/mol. The van der Waals surface area contributed by atoms with Gasteiger partial charge in [0.15, 0.2) is 0 Å². The highest BCUT2D eigenvalue weighted by Gasteiger charge is 2.43. The van der Waals surface area contributed by atoms with Gasteiger partial charge in [-0.3, -0.25) is 4.79 Å². The van der Waals surface area contributed by atoms with Gasteiger partial charge in [0.2, 0.25) is 5.91 Å². The van der Waals surface area contributed by atoms with Crippen LogP contribution in [0.2, 0.25) is 0 Å². The normalized spacial score (nSPS) is 26.2. The summed E-state index contributed by atoms with van der Waals surface area (Å²) in [5, 5.41) is 6.50. The lowest BCUT2D eigenvalue weighted by atomic mass is 9.75. The molecule has 0 spiro atoms. The van der Waals surface area contributed by atoms with Crippen molar-refractivity contribution in [3.05, 3.63) is 0 Å². The lowest BCUT2D eigenvalue weighted by Crippen LogP contribution is -2.49. The van der Waals surface area contributed by atoms with Crippen molar-refractivity contribution in [1.29, 1.82) is 0 Å². The molecule has 2 atom stereocenters. The Balaban J connectivity index is 2.54. The van der Waals surface area contributed by atoms with Gasteiger partial charge in [0.25, 0.3) is 0 Å². The van der Waals surface area contributed by atoms with Crippen LogP contribution in [0, 0.1) is 11.3 Å². The summed E-state index contributed by atoms with van der Waals surface area (Å²) in [6.45, 7) is 10.3. The van der Waals surface area contributed by atoms with E-state index in [0.29, 0.717) is 5.92 Å². The van der Waals surface area contributed by atoms with Gasteiger partial charge in [-0.2, -0.15) is 11.8 Å². The predicted molar refractivity (Wildman–Crippen MR) is 75.4 cm³/mol. The van der Waals surface area contributed by atoms with Crippen molar-refractivity contribution < 1.29 is 4.79 Å². The number of thioether (sulfide) groups is 1. The molecule has 1 amide bonds. The zero-order chi connectivity index (χ0) is 12.9. The van der Waals surface area contributed by atoms with Gasteiger partial charge in [-0.05, 0) is 31.6 Å². The highest BCUT2D eigenvalue weighted by Crippen LogP contribution is 2.34.